The molecule has 2 aromatic carbocycles. The molecule has 0 aliphatic rings. The van der Waals surface area contributed by atoms with E-state index in [4.69, 9.17) is 4.74 Å². The number of hydrogen-bond acceptors (Lipinski definition) is 4. The highest BCUT2D eigenvalue weighted by molar-refractivity contribution is 7.90. The minimum atomic E-state index is -3.17. The molecule has 2 aromatic rings. The van der Waals surface area contributed by atoms with E-state index in [1.54, 1.807) is 38.4 Å². The van der Waals surface area contributed by atoms with Gasteiger partial charge in [-0.3, -0.25) is 4.99 Å². The van der Waals surface area contributed by atoms with Gasteiger partial charge in [-0.1, -0.05) is 24.3 Å². The molecule has 2 rings (SSSR count). The summed E-state index contributed by atoms with van der Waals surface area (Å²) in [5, 5.41) is 3.29. The Labute approximate surface area is 155 Å². The second kappa shape index (κ2) is 8.71. The van der Waals surface area contributed by atoms with Gasteiger partial charge in [-0.15, -0.1) is 0 Å². The van der Waals surface area contributed by atoms with Crippen molar-refractivity contribution in [3.05, 3.63) is 59.7 Å². The first-order valence-electron chi connectivity index (χ1n) is 8.17. The Kier molecular flexibility index (Phi) is 6.63. The summed E-state index contributed by atoms with van der Waals surface area (Å²) in [5.74, 6) is 1.59. The van der Waals surface area contributed by atoms with Crippen molar-refractivity contribution in [2.24, 2.45) is 4.99 Å². The highest BCUT2D eigenvalue weighted by Gasteiger charge is 2.09. The van der Waals surface area contributed by atoms with E-state index in [2.05, 4.69) is 10.3 Å². The zero-order chi connectivity index (χ0) is 19.2. The van der Waals surface area contributed by atoms with Crippen LogP contribution in [0.3, 0.4) is 0 Å². The molecule has 0 aliphatic heterocycles. The van der Waals surface area contributed by atoms with Crippen molar-refractivity contribution in [2.75, 3.05) is 27.5 Å². The Morgan fingerprint density at radius 3 is 2.15 bits per heavy atom. The lowest BCUT2D eigenvalue weighted by Crippen LogP contribution is -2.38. The van der Waals surface area contributed by atoms with Crippen LogP contribution in [0.25, 0.3) is 0 Å². The van der Waals surface area contributed by atoms with Crippen molar-refractivity contribution in [3.63, 3.8) is 0 Å². The molecule has 140 valence electrons. The van der Waals surface area contributed by atoms with Crippen LogP contribution in [0.5, 0.6) is 5.75 Å². The van der Waals surface area contributed by atoms with E-state index in [-0.39, 0.29) is 0 Å². The monoisotopic (exact) mass is 375 g/mol. The van der Waals surface area contributed by atoms with Gasteiger partial charge >= 0.3 is 0 Å². The van der Waals surface area contributed by atoms with E-state index in [0.717, 1.165) is 22.8 Å². The molecule has 0 heterocycles. The molecule has 7 heteroatoms. The first-order valence-corrected chi connectivity index (χ1v) is 10.1. The molecule has 0 unspecified atom stereocenters. The first-order chi connectivity index (χ1) is 12.3. The van der Waals surface area contributed by atoms with Gasteiger partial charge in [0.1, 0.15) is 5.75 Å². The van der Waals surface area contributed by atoms with E-state index in [0.29, 0.717) is 18.0 Å². The quantitative estimate of drug-likeness (QED) is 0.620. The topological polar surface area (TPSA) is 71.0 Å². The molecule has 1 N–H and O–H groups in total. The number of benzene rings is 2. The van der Waals surface area contributed by atoms with Gasteiger partial charge in [0.15, 0.2) is 15.8 Å². The number of guanidine groups is 1. The van der Waals surface area contributed by atoms with Gasteiger partial charge in [-0.05, 0) is 35.4 Å². The van der Waals surface area contributed by atoms with Crippen molar-refractivity contribution in [1.82, 2.24) is 10.2 Å². The summed E-state index contributed by atoms with van der Waals surface area (Å²) in [7, 11) is 2.18. The predicted octanol–water partition coefficient (Wildman–Crippen LogP) is 2.31. The van der Waals surface area contributed by atoms with E-state index in [1.165, 1.54) is 6.26 Å². The summed E-state index contributed by atoms with van der Waals surface area (Å²) >= 11 is 0. The number of rotatable bonds is 6. The third-order valence-electron chi connectivity index (χ3n) is 3.95. The third-order valence-corrected chi connectivity index (χ3v) is 5.08. The Morgan fingerprint density at radius 1 is 1.08 bits per heavy atom. The van der Waals surface area contributed by atoms with E-state index in [1.807, 2.05) is 36.2 Å². The number of aliphatic imine (C=N–C) groups is 1. The third kappa shape index (κ3) is 5.49. The number of nitrogens with zero attached hydrogens (tertiary/aromatic N) is 2. The lowest BCUT2D eigenvalue weighted by atomic mass is 10.2. The molecular weight excluding hydrogens is 350 g/mol. The average molecular weight is 375 g/mol. The summed E-state index contributed by atoms with van der Waals surface area (Å²) in [6, 6.07) is 14.8. The largest absolute Gasteiger partial charge is 0.497 e. The Hall–Kier alpha value is -2.54. The fraction of sp³-hybridized carbons (Fsp3) is 0.316. The predicted molar refractivity (Wildman–Crippen MR) is 104 cm³/mol. The summed E-state index contributed by atoms with van der Waals surface area (Å²) in [5.41, 5.74) is 2.13. The van der Waals surface area contributed by atoms with E-state index < -0.39 is 9.84 Å². The van der Waals surface area contributed by atoms with Gasteiger partial charge in [0, 0.05) is 33.4 Å². The minimum Gasteiger partial charge on any atom is -0.497 e. The number of nitrogens with one attached hydrogen (secondary N) is 1. The zero-order valence-corrected chi connectivity index (χ0v) is 16.4. The van der Waals surface area contributed by atoms with Crippen LogP contribution in [-0.2, 0) is 22.9 Å². The summed E-state index contributed by atoms with van der Waals surface area (Å²) in [6.45, 7) is 1.26. The molecule has 0 aromatic heterocycles. The second-order valence-electron chi connectivity index (χ2n) is 6.02. The van der Waals surface area contributed by atoms with Crippen molar-refractivity contribution in [2.45, 2.75) is 18.0 Å². The van der Waals surface area contributed by atoms with Crippen molar-refractivity contribution < 1.29 is 13.2 Å². The molecule has 6 nitrogen and oxygen atoms in total. The molecule has 0 fully saturated rings. The maximum absolute atomic E-state index is 11.5. The molecule has 0 radical (unpaired) electrons. The number of methoxy groups -OCH3 is 1. The van der Waals surface area contributed by atoms with Gasteiger partial charge in [-0.2, -0.15) is 0 Å². The molecule has 0 saturated carbocycles. The van der Waals surface area contributed by atoms with Gasteiger partial charge in [0.2, 0.25) is 0 Å². The SMILES string of the molecule is CN=C(NCc1ccc(S(C)(=O)=O)cc1)N(C)Cc1ccc(OC)cc1. The number of sulfone groups is 1. The molecule has 26 heavy (non-hydrogen) atoms. The van der Waals surface area contributed by atoms with Crippen LogP contribution < -0.4 is 10.1 Å². The second-order valence-corrected chi connectivity index (χ2v) is 8.04. The normalized spacial score (nSPS) is 11.9. The first kappa shape index (κ1) is 19.8. The van der Waals surface area contributed by atoms with Crippen molar-refractivity contribution >= 4 is 15.8 Å². The summed E-state index contributed by atoms with van der Waals surface area (Å²) in [4.78, 5) is 6.64. The van der Waals surface area contributed by atoms with Crippen LogP contribution in [0.4, 0.5) is 0 Å². The highest BCUT2D eigenvalue weighted by Crippen LogP contribution is 2.13. The maximum atomic E-state index is 11.5. The van der Waals surface area contributed by atoms with Crippen molar-refractivity contribution in [3.8, 4) is 5.75 Å². The molecule has 0 amide bonds. The van der Waals surface area contributed by atoms with Crippen LogP contribution >= 0.6 is 0 Å². The molecule has 0 spiro atoms. The molecule has 0 atom stereocenters. The minimum absolute atomic E-state index is 0.322. The lowest BCUT2D eigenvalue weighted by Gasteiger charge is -2.22. The van der Waals surface area contributed by atoms with Crippen molar-refractivity contribution in [1.29, 1.82) is 0 Å². The standard InChI is InChI=1S/C19H25N3O3S/c1-20-19(22(2)14-16-5-9-17(25-3)10-6-16)21-13-15-7-11-18(12-8-15)26(4,23)24/h5-12H,13-14H2,1-4H3,(H,20,21). The number of hydrogen-bond donors (Lipinski definition) is 1. The smallest absolute Gasteiger partial charge is 0.193 e. The Balaban J connectivity index is 1.95. The molecule has 0 aliphatic carbocycles. The Morgan fingerprint density at radius 2 is 1.65 bits per heavy atom. The van der Waals surface area contributed by atoms with Crippen LogP contribution in [-0.4, -0.2) is 46.7 Å². The lowest BCUT2D eigenvalue weighted by molar-refractivity contribution is 0.414. The van der Waals surface area contributed by atoms with E-state index >= 15 is 0 Å². The van der Waals surface area contributed by atoms with Crippen LogP contribution in [0.2, 0.25) is 0 Å². The van der Waals surface area contributed by atoms with E-state index in [9.17, 15) is 8.42 Å². The van der Waals surface area contributed by atoms with Gasteiger partial charge < -0.3 is 15.0 Å². The van der Waals surface area contributed by atoms with Crippen LogP contribution in [0.1, 0.15) is 11.1 Å². The van der Waals surface area contributed by atoms with Crippen LogP contribution in [0, 0.1) is 0 Å². The Bertz CT molecular complexity index is 845. The maximum Gasteiger partial charge on any atom is 0.193 e. The number of ether oxygens (including phenoxy) is 1. The van der Waals surface area contributed by atoms with Gasteiger partial charge in [0.05, 0.1) is 12.0 Å². The fourth-order valence-corrected chi connectivity index (χ4v) is 3.13. The summed E-state index contributed by atoms with van der Waals surface area (Å²) in [6.07, 6.45) is 1.20. The summed E-state index contributed by atoms with van der Waals surface area (Å²) < 4.78 is 28.2. The average Bonchev–Trinajstić information content (AvgIpc) is 2.62. The molecule has 0 saturated heterocycles. The highest BCUT2D eigenvalue weighted by atomic mass is 32.2. The van der Waals surface area contributed by atoms with Gasteiger partial charge in [0.25, 0.3) is 0 Å². The fourth-order valence-electron chi connectivity index (χ4n) is 2.50. The van der Waals surface area contributed by atoms with Crippen LogP contribution in [0.15, 0.2) is 58.4 Å². The zero-order valence-electron chi connectivity index (χ0n) is 15.6. The molecule has 0 bridgehead atoms. The molecular formula is C19H25N3O3S. The van der Waals surface area contributed by atoms with Gasteiger partial charge in [-0.25, -0.2) is 8.42 Å².